The van der Waals surface area contributed by atoms with E-state index in [-0.39, 0.29) is 11.3 Å². The summed E-state index contributed by atoms with van der Waals surface area (Å²) in [7, 11) is 0. The van der Waals surface area contributed by atoms with Crippen LogP contribution in [0, 0.1) is 5.41 Å². The van der Waals surface area contributed by atoms with Crippen LogP contribution in [0.2, 0.25) is 0 Å². The van der Waals surface area contributed by atoms with Crippen molar-refractivity contribution in [1.82, 2.24) is 24.1 Å². The Hall–Kier alpha value is -1.25. The van der Waals surface area contributed by atoms with E-state index in [1.807, 2.05) is 25.7 Å². The van der Waals surface area contributed by atoms with E-state index in [1.54, 1.807) is 0 Å². The largest absolute Gasteiger partial charge is 0.359 e. The zero-order valence-electron chi connectivity index (χ0n) is 18.1. The average molecular weight is 409 g/mol. The molecular weight excluding hydrogens is 372 g/mol. The number of carbonyl (C=O) groups is 1. The molecule has 8 heteroatoms. The smallest absolute Gasteiger partial charge is 0.228 e. The highest BCUT2D eigenvalue weighted by atomic mass is 32.1. The molecule has 2 aliphatic rings. The van der Waals surface area contributed by atoms with Crippen LogP contribution in [-0.2, 0) is 11.3 Å². The predicted octanol–water partition coefficient (Wildman–Crippen LogP) is 2.51. The molecule has 0 aliphatic carbocycles. The number of carbonyl (C=O) groups excluding carboxylic acids is 1. The minimum Gasteiger partial charge on any atom is -0.359 e. The highest BCUT2D eigenvalue weighted by molar-refractivity contribution is 7.09. The molecule has 1 amide bonds. The van der Waals surface area contributed by atoms with Gasteiger partial charge in [0.25, 0.3) is 0 Å². The predicted molar refractivity (Wildman–Crippen MR) is 115 cm³/mol. The van der Waals surface area contributed by atoms with Gasteiger partial charge in [-0.05, 0) is 33.2 Å². The molecule has 2 saturated heterocycles. The van der Waals surface area contributed by atoms with Crippen LogP contribution in [0.4, 0.5) is 5.13 Å². The van der Waals surface area contributed by atoms with Gasteiger partial charge < -0.3 is 10.2 Å². The fraction of sp³-hybridized carbons (Fsp3) is 0.850. The Balaban J connectivity index is 1.43. The third-order valence-electron chi connectivity index (χ3n) is 5.71. The Kier molecular flexibility index (Phi) is 6.94. The summed E-state index contributed by atoms with van der Waals surface area (Å²) in [6.45, 7) is 16.8. The second kappa shape index (κ2) is 9.05. The molecule has 2 aliphatic heterocycles. The quantitative estimate of drug-likeness (QED) is 0.780. The molecule has 0 aromatic carbocycles. The molecule has 7 nitrogen and oxygen atoms in total. The number of hydrogen-bond donors (Lipinski definition) is 1. The third kappa shape index (κ3) is 5.42. The number of hydrogen-bond acceptors (Lipinski definition) is 7. The van der Waals surface area contributed by atoms with Gasteiger partial charge in [-0.1, -0.05) is 20.8 Å². The first kappa shape index (κ1) is 21.5. The molecule has 0 spiro atoms. The van der Waals surface area contributed by atoms with Crippen LogP contribution in [-0.4, -0.2) is 81.3 Å². The maximum absolute atomic E-state index is 12.4. The van der Waals surface area contributed by atoms with E-state index in [1.165, 1.54) is 30.9 Å². The van der Waals surface area contributed by atoms with Crippen molar-refractivity contribution in [3.63, 3.8) is 0 Å². The molecule has 1 aromatic rings. The van der Waals surface area contributed by atoms with Gasteiger partial charge in [0.2, 0.25) is 11.0 Å². The second-order valence-corrected chi connectivity index (χ2v) is 10.1. The number of rotatable bonds is 6. The number of nitrogens with zero attached hydrogens (tertiary/aromatic N) is 5. The summed E-state index contributed by atoms with van der Waals surface area (Å²) in [5, 5.41) is 4.42. The monoisotopic (exact) mass is 408 g/mol. The number of nitrogens with one attached hydrogen (secondary N) is 1. The van der Waals surface area contributed by atoms with Gasteiger partial charge in [-0.15, -0.1) is 0 Å². The van der Waals surface area contributed by atoms with Crippen molar-refractivity contribution in [3.8, 4) is 0 Å². The normalized spacial score (nSPS) is 22.2. The van der Waals surface area contributed by atoms with Crippen molar-refractivity contribution in [2.24, 2.45) is 5.41 Å². The van der Waals surface area contributed by atoms with Crippen molar-refractivity contribution in [1.29, 1.82) is 0 Å². The Morgan fingerprint density at radius 2 is 1.93 bits per heavy atom. The van der Waals surface area contributed by atoms with E-state index in [9.17, 15) is 4.79 Å². The van der Waals surface area contributed by atoms with E-state index in [0.29, 0.717) is 12.1 Å². The number of piperazine rings is 1. The third-order valence-corrected chi connectivity index (χ3v) is 6.42. The van der Waals surface area contributed by atoms with Crippen LogP contribution in [0.5, 0.6) is 0 Å². The van der Waals surface area contributed by atoms with E-state index in [2.05, 4.69) is 38.3 Å². The van der Waals surface area contributed by atoms with Crippen molar-refractivity contribution in [2.75, 3.05) is 44.6 Å². The molecule has 1 N–H and O–H groups in total. The van der Waals surface area contributed by atoms with E-state index in [4.69, 9.17) is 0 Å². The summed E-state index contributed by atoms with van der Waals surface area (Å²) in [5.41, 5.74) is -0.302. The van der Waals surface area contributed by atoms with E-state index in [0.717, 1.165) is 50.2 Å². The second-order valence-electron chi connectivity index (χ2n) is 9.34. The van der Waals surface area contributed by atoms with Crippen LogP contribution in [0.3, 0.4) is 0 Å². The molecule has 1 atom stereocenters. The zero-order chi connectivity index (χ0) is 20.3. The highest BCUT2D eigenvalue weighted by Gasteiger charge is 2.30. The molecule has 3 heterocycles. The van der Waals surface area contributed by atoms with Crippen molar-refractivity contribution < 1.29 is 4.79 Å². The van der Waals surface area contributed by atoms with Crippen molar-refractivity contribution in [3.05, 3.63) is 5.82 Å². The van der Waals surface area contributed by atoms with E-state index < -0.39 is 0 Å². The molecule has 0 unspecified atom stereocenters. The summed E-state index contributed by atoms with van der Waals surface area (Å²) in [6, 6.07) is 1.20. The molecule has 0 radical (unpaired) electrons. The lowest BCUT2D eigenvalue weighted by Crippen LogP contribution is -2.51. The van der Waals surface area contributed by atoms with Gasteiger partial charge in [0, 0.05) is 61.8 Å². The first-order valence-electron chi connectivity index (χ1n) is 10.6. The Bertz CT molecular complexity index is 647. The molecule has 0 saturated carbocycles. The molecule has 0 bridgehead atoms. The van der Waals surface area contributed by atoms with Crippen LogP contribution >= 0.6 is 11.5 Å². The van der Waals surface area contributed by atoms with Gasteiger partial charge >= 0.3 is 0 Å². The molecular formula is C20H36N6OS. The SMILES string of the molecule is CC(C)N1CCC[C@H]1CNc1nc(CN2CCN(C(=O)C(C)(C)C)CC2)ns1. The van der Waals surface area contributed by atoms with Gasteiger partial charge in [-0.3, -0.25) is 14.6 Å². The lowest BCUT2D eigenvalue weighted by molar-refractivity contribution is -0.141. The standard InChI is InChI=1S/C20H36N6OS/c1-15(2)26-8-6-7-16(26)13-21-19-22-17(23-28-19)14-24-9-11-25(12-10-24)18(27)20(3,4)5/h15-16H,6-14H2,1-5H3,(H,21,22,23)/t16-/m0/s1. The molecule has 28 heavy (non-hydrogen) atoms. The molecule has 1 aromatic heterocycles. The summed E-state index contributed by atoms with van der Waals surface area (Å²) < 4.78 is 4.54. The van der Waals surface area contributed by atoms with Gasteiger partial charge in [0.1, 0.15) is 0 Å². The van der Waals surface area contributed by atoms with Gasteiger partial charge in [-0.2, -0.15) is 4.37 Å². The zero-order valence-corrected chi connectivity index (χ0v) is 18.9. The van der Waals surface area contributed by atoms with Crippen molar-refractivity contribution in [2.45, 2.75) is 66.1 Å². The first-order valence-corrected chi connectivity index (χ1v) is 11.4. The number of amides is 1. The minimum atomic E-state index is -0.302. The number of aromatic nitrogens is 2. The fourth-order valence-electron chi connectivity index (χ4n) is 4.14. The first-order chi connectivity index (χ1) is 13.2. The molecule has 3 rings (SSSR count). The number of likely N-dealkylation sites (tertiary alicyclic amines) is 1. The van der Waals surface area contributed by atoms with Gasteiger partial charge in [0.15, 0.2) is 5.82 Å². The number of anilines is 1. The van der Waals surface area contributed by atoms with Crippen LogP contribution < -0.4 is 5.32 Å². The van der Waals surface area contributed by atoms with E-state index >= 15 is 0 Å². The Labute approximate surface area is 173 Å². The van der Waals surface area contributed by atoms with Gasteiger partial charge in [-0.25, -0.2) is 4.98 Å². The summed E-state index contributed by atoms with van der Waals surface area (Å²) >= 11 is 1.46. The highest BCUT2D eigenvalue weighted by Crippen LogP contribution is 2.22. The maximum atomic E-state index is 12.4. The fourth-order valence-corrected chi connectivity index (χ4v) is 4.72. The minimum absolute atomic E-state index is 0.243. The van der Waals surface area contributed by atoms with Crippen molar-refractivity contribution >= 4 is 22.6 Å². The summed E-state index contributed by atoms with van der Waals surface area (Å²) in [6.07, 6.45) is 2.55. The van der Waals surface area contributed by atoms with Crippen LogP contribution in [0.1, 0.15) is 53.3 Å². The van der Waals surface area contributed by atoms with Crippen LogP contribution in [0.15, 0.2) is 0 Å². The topological polar surface area (TPSA) is 64.6 Å². The lowest BCUT2D eigenvalue weighted by Gasteiger charge is -2.37. The average Bonchev–Trinajstić information content (AvgIpc) is 3.28. The lowest BCUT2D eigenvalue weighted by atomic mass is 9.94. The molecule has 2 fully saturated rings. The Morgan fingerprint density at radius 3 is 2.57 bits per heavy atom. The summed E-state index contributed by atoms with van der Waals surface area (Å²) in [4.78, 5) is 24.0. The maximum Gasteiger partial charge on any atom is 0.228 e. The Morgan fingerprint density at radius 1 is 1.21 bits per heavy atom. The van der Waals surface area contributed by atoms with Gasteiger partial charge in [0.05, 0.1) is 6.54 Å². The van der Waals surface area contributed by atoms with Crippen LogP contribution in [0.25, 0.3) is 0 Å². The molecule has 158 valence electrons. The summed E-state index contributed by atoms with van der Waals surface area (Å²) in [5.74, 6) is 1.13.